The molecule has 1 atom stereocenters. The molecule has 184 valence electrons. The SMILES string of the molecule is COC(=O)C1=C(C)N=c2s/c(=C\c3ccc(OC(C)=O)cc3)c(=O)n2C1c1ccc(OC(C)=O)cc1. The molecule has 0 spiro atoms. The van der Waals surface area contributed by atoms with E-state index in [9.17, 15) is 19.2 Å². The number of fused-ring (bicyclic) bond motifs is 1. The van der Waals surface area contributed by atoms with E-state index >= 15 is 0 Å². The maximum atomic E-state index is 13.6. The number of esters is 3. The topological polar surface area (TPSA) is 113 Å². The number of carbonyl (C=O) groups excluding carboxylic acids is 3. The average molecular weight is 507 g/mol. The highest BCUT2D eigenvalue weighted by Crippen LogP contribution is 2.31. The number of hydrogen-bond donors (Lipinski definition) is 0. The molecular weight excluding hydrogens is 484 g/mol. The summed E-state index contributed by atoms with van der Waals surface area (Å²) < 4.78 is 17.0. The van der Waals surface area contributed by atoms with Crippen molar-refractivity contribution in [1.29, 1.82) is 0 Å². The van der Waals surface area contributed by atoms with Crippen LogP contribution in [-0.4, -0.2) is 29.6 Å². The first-order valence-corrected chi connectivity index (χ1v) is 11.7. The summed E-state index contributed by atoms with van der Waals surface area (Å²) in [6, 6.07) is 12.5. The fourth-order valence-corrected chi connectivity index (χ4v) is 4.89. The van der Waals surface area contributed by atoms with Crippen LogP contribution in [0, 0.1) is 0 Å². The Hall–Kier alpha value is -4.31. The van der Waals surface area contributed by atoms with Gasteiger partial charge in [0.05, 0.1) is 29.0 Å². The zero-order valence-corrected chi connectivity index (χ0v) is 20.8. The summed E-state index contributed by atoms with van der Waals surface area (Å²) in [5.41, 5.74) is 1.70. The van der Waals surface area contributed by atoms with Gasteiger partial charge in [-0.1, -0.05) is 35.6 Å². The van der Waals surface area contributed by atoms with Crippen molar-refractivity contribution in [2.45, 2.75) is 26.8 Å². The Bertz CT molecular complexity index is 1560. The molecule has 0 amide bonds. The van der Waals surface area contributed by atoms with Gasteiger partial charge in [0, 0.05) is 13.8 Å². The Morgan fingerprint density at radius 1 is 0.944 bits per heavy atom. The molecule has 1 aromatic heterocycles. The molecule has 0 bridgehead atoms. The molecule has 0 N–H and O–H groups in total. The summed E-state index contributed by atoms with van der Waals surface area (Å²) in [4.78, 5) is 53.7. The number of methoxy groups -OCH3 is 1. The second-order valence-corrected chi connectivity index (χ2v) is 8.91. The van der Waals surface area contributed by atoms with Gasteiger partial charge >= 0.3 is 17.9 Å². The van der Waals surface area contributed by atoms with Gasteiger partial charge in [-0.15, -0.1) is 0 Å². The standard InChI is InChI=1S/C26H22N2O7S/c1-14-22(25(32)33-4)23(18-7-11-20(12-8-18)35-16(3)30)28-24(31)21(36-26(28)27-14)13-17-5-9-19(10-6-17)34-15(2)29/h5-13,23H,1-4H3/b21-13-. The number of rotatable bonds is 5. The molecule has 1 aliphatic heterocycles. The molecule has 1 unspecified atom stereocenters. The maximum absolute atomic E-state index is 13.6. The summed E-state index contributed by atoms with van der Waals surface area (Å²) in [5.74, 6) is -0.732. The average Bonchev–Trinajstić information content (AvgIpc) is 3.13. The Labute approximate surface area is 209 Å². The minimum atomic E-state index is -0.784. The Kier molecular flexibility index (Phi) is 6.98. The third-order valence-electron chi connectivity index (χ3n) is 5.32. The molecule has 10 heteroatoms. The predicted molar refractivity (Wildman–Crippen MR) is 131 cm³/mol. The molecule has 2 aromatic carbocycles. The van der Waals surface area contributed by atoms with Crippen molar-refractivity contribution in [3.63, 3.8) is 0 Å². The van der Waals surface area contributed by atoms with Gasteiger partial charge in [-0.05, 0) is 48.4 Å². The van der Waals surface area contributed by atoms with Crippen LogP contribution in [0.2, 0.25) is 0 Å². The summed E-state index contributed by atoms with van der Waals surface area (Å²) in [6.07, 6.45) is 1.71. The molecule has 3 aromatic rings. The summed E-state index contributed by atoms with van der Waals surface area (Å²) in [6.45, 7) is 4.31. The number of ether oxygens (including phenoxy) is 3. The zero-order chi connectivity index (χ0) is 26.0. The fourth-order valence-electron chi connectivity index (χ4n) is 3.84. The molecule has 0 fully saturated rings. The van der Waals surface area contributed by atoms with Crippen LogP contribution in [0.5, 0.6) is 11.5 Å². The molecule has 1 aliphatic rings. The molecule has 0 saturated heterocycles. The largest absolute Gasteiger partial charge is 0.466 e. The summed E-state index contributed by atoms with van der Waals surface area (Å²) in [5, 5.41) is 0. The minimum Gasteiger partial charge on any atom is -0.466 e. The number of aromatic nitrogens is 1. The van der Waals surface area contributed by atoms with Crippen LogP contribution in [0.25, 0.3) is 6.08 Å². The third kappa shape index (κ3) is 5.03. The Balaban J connectivity index is 1.83. The lowest BCUT2D eigenvalue weighted by Gasteiger charge is -2.24. The lowest BCUT2D eigenvalue weighted by Crippen LogP contribution is -2.39. The van der Waals surface area contributed by atoms with Crippen LogP contribution in [0.1, 0.15) is 37.9 Å². The number of benzene rings is 2. The van der Waals surface area contributed by atoms with E-state index in [0.29, 0.717) is 32.1 Å². The number of nitrogens with zero attached hydrogens (tertiary/aromatic N) is 2. The van der Waals surface area contributed by atoms with Gasteiger partial charge < -0.3 is 14.2 Å². The second-order valence-electron chi connectivity index (χ2n) is 7.90. The van der Waals surface area contributed by atoms with Crippen LogP contribution in [0.3, 0.4) is 0 Å². The predicted octanol–water partition coefficient (Wildman–Crippen LogP) is 2.26. The van der Waals surface area contributed by atoms with E-state index in [1.54, 1.807) is 61.5 Å². The highest BCUT2D eigenvalue weighted by atomic mass is 32.1. The summed E-state index contributed by atoms with van der Waals surface area (Å²) >= 11 is 1.19. The first-order valence-electron chi connectivity index (χ1n) is 10.9. The molecule has 2 heterocycles. The van der Waals surface area contributed by atoms with E-state index in [2.05, 4.69) is 4.99 Å². The zero-order valence-electron chi connectivity index (χ0n) is 19.9. The van der Waals surface area contributed by atoms with Crippen molar-refractivity contribution in [2.24, 2.45) is 4.99 Å². The molecule has 9 nitrogen and oxygen atoms in total. The molecule has 0 radical (unpaired) electrons. The summed E-state index contributed by atoms with van der Waals surface area (Å²) in [7, 11) is 1.27. The number of thiazole rings is 1. The second kappa shape index (κ2) is 10.1. The Morgan fingerprint density at radius 2 is 1.50 bits per heavy atom. The van der Waals surface area contributed by atoms with Gasteiger partial charge in [0.15, 0.2) is 4.80 Å². The van der Waals surface area contributed by atoms with Crippen molar-refractivity contribution in [3.05, 3.63) is 90.6 Å². The maximum Gasteiger partial charge on any atom is 0.338 e. The fraction of sp³-hybridized carbons (Fsp3) is 0.192. The van der Waals surface area contributed by atoms with E-state index in [0.717, 1.165) is 5.56 Å². The van der Waals surface area contributed by atoms with E-state index in [4.69, 9.17) is 14.2 Å². The van der Waals surface area contributed by atoms with Gasteiger partial charge in [-0.3, -0.25) is 19.0 Å². The monoisotopic (exact) mass is 506 g/mol. The van der Waals surface area contributed by atoms with Crippen molar-refractivity contribution in [1.82, 2.24) is 4.57 Å². The smallest absolute Gasteiger partial charge is 0.338 e. The van der Waals surface area contributed by atoms with Crippen molar-refractivity contribution in [3.8, 4) is 11.5 Å². The van der Waals surface area contributed by atoms with Gasteiger partial charge in [0.25, 0.3) is 5.56 Å². The van der Waals surface area contributed by atoms with Gasteiger partial charge in [0.2, 0.25) is 0 Å². The van der Waals surface area contributed by atoms with E-state index < -0.39 is 23.9 Å². The molecule has 36 heavy (non-hydrogen) atoms. The molecule has 0 saturated carbocycles. The highest BCUT2D eigenvalue weighted by Gasteiger charge is 2.33. The van der Waals surface area contributed by atoms with Crippen LogP contribution in [0.4, 0.5) is 0 Å². The van der Waals surface area contributed by atoms with Crippen LogP contribution < -0.4 is 24.4 Å². The van der Waals surface area contributed by atoms with Gasteiger partial charge in [-0.2, -0.15) is 0 Å². The van der Waals surface area contributed by atoms with Crippen LogP contribution in [0.15, 0.2) is 69.6 Å². The number of carbonyl (C=O) groups is 3. The van der Waals surface area contributed by atoms with Crippen molar-refractivity contribution >= 4 is 35.3 Å². The van der Waals surface area contributed by atoms with Crippen LogP contribution in [-0.2, 0) is 19.1 Å². The van der Waals surface area contributed by atoms with E-state index in [-0.39, 0.29) is 11.1 Å². The van der Waals surface area contributed by atoms with Crippen molar-refractivity contribution < 1.29 is 28.6 Å². The van der Waals surface area contributed by atoms with Crippen molar-refractivity contribution in [2.75, 3.05) is 7.11 Å². The highest BCUT2D eigenvalue weighted by molar-refractivity contribution is 7.07. The number of hydrogen-bond acceptors (Lipinski definition) is 9. The number of allylic oxidation sites excluding steroid dienone is 1. The quantitative estimate of drug-likeness (QED) is 0.385. The first-order chi connectivity index (χ1) is 17.2. The van der Waals surface area contributed by atoms with Crippen LogP contribution >= 0.6 is 11.3 Å². The normalized spacial score (nSPS) is 15.1. The molecule has 4 rings (SSSR count). The first kappa shape index (κ1) is 24.8. The Morgan fingerprint density at radius 3 is 2.03 bits per heavy atom. The molecular formula is C26H22N2O7S. The minimum absolute atomic E-state index is 0.238. The van der Waals surface area contributed by atoms with E-state index in [1.807, 2.05) is 0 Å². The van der Waals surface area contributed by atoms with Gasteiger partial charge in [0.1, 0.15) is 11.5 Å². The lowest BCUT2D eigenvalue weighted by atomic mass is 9.96. The van der Waals surface area contributed by atoms with E-state index in [1.165, 1.54) is 36.9 Å². The third-order valence-corrected chi connectivity index (χ3v) is 6.31. The van der Waals surface area contributed by atoms with Gasteiger partial charge in [-0.25, -0.2) is 9.79 Å². The molecule has 0 aliphatic carbocycles. The lowest BCUT2D eigenvalue weighted by molar-refractivity contribution is -0.136.